The smallest absolute Gasteiger partial charge is 0.234 e. The monoisotopic (exact) mass is 251 g/mol. The minimum absolute atomic E-state index is 0.0408. The molecule has 3 fully saturated rings. The molecule has 2 aliphatic carbocycles. The second kappa shape index (κ2) is 3.80. The van der Waals surface area contributed by atoms with Gasteiger partial charge < -0.3 is 5.11 Å². The minimum Gasteiger partial charge on any atom is -0.391 e. The first-order chi connectivity index (χ1) is 8.46. The summed E-state index contributed by atoms with van der Waals surface area (Å²) >= 11 is 0. The lowest BCUT2D eigenvalue weighted by Crippen LogP contribution is -2.49. The topological polar surface area (TPSA) is 57.6 Å². The zero-order valence-corrected chi connectivity index (χ0v) is 11.1. The number of hydrogen-bond acceptors (Lipinski definition) is 3. The number of aliphatic hydroxyl groups is 1. The summed E-state index contributed by atoms with van der Waals surface area (Å²) in [7, 11) is 0. The van der Waals surface area contributed by atoms with Crippen LogP contribution in [0.25, 0.3) is 0 Å². The Bertz CT molecular complexity index is 380. The predicted molar refractivity (Wildman–Crippen MR) is 65.5 cm³/mol. The Morgan fingerprint density at radius 3 is 2.22 bits per heavy atom. The van der Waals surface area contributed by atoms with Gasteiger partial charge in [0.1, 0.15) is 0 Å². The minimum atomic E-state index is -0.527. The van der Waals surface area contributed by atoms with Crippen LogP contribution in [0.5, 0.6) is 0 Å². The van der Waals surface area contributed by atoms with E-state index in [0.29, 0.717) is 6.42 Å². The van der Waals surface area contributed by atoms with Crippen molar-refractivity contribution in [3.8, 4) is 0 Å². The summed E-state index contributed by atoms with van der Waals surface area (Å²) < 4.78 is 0. The second-order valence-corrected chi connectivity index (χ2v) is 6.60. The van der Waals surface area contributed by atoms with Crippen LogP contribution >= 0.6 is 0 Å². The van der Waals surface area contributed by atoms with Crippen molar-refractivity contribution in [1.82, 2.24) is 4.90 Å². The fourth-order valence-corrected chi connectivity index (χ4v) is 3.86. The van der Waals surface area contributed by atoms with Crippen LogP contribution in [0.15, 0.2) is 0 Å². The van der Waals surface area contributed by atoms with Gasteiger partial charge in [-0.05, 0) is 18.3 Å². The Labute approximate surface area is 107 Å². The van der Waals surface area contributed by atoms with Gasteiger partial charge in [0, 0.05) is 0 Å². The van der Waals surface area contributed by atoms with E-state index in [4.69, 9.17) is 0 Å². The van der Waals surface area contributed by atoms with Gasteiger partial charge in [-0.25, -0.2) is 0 Å². The molecule has 0 bridgehead atoms. The van der Waals surface area contributed by atoms with Gasteiger partial charge in [0.05, 0.1) is 24.0 Å². The van der Waals surface area contributed by atoms with E-state index in [1.165, 1.54) is 4.90 Å². The van der Waals surface area contributed by atoms with Gasteiger partial charge in [-0.1, -0.05) is 33.1 Å². The third-order valence-electron chi connectivity index (χ3n) is 5.11. The van der Waals surface area contributed by atoms with Gasteiger partial charge in [-0.2, -0.15) is 0 Å². The second-order valence-electron chi connectivity index (χ2n) is 6.60. The van der Waals surface area contributed by atoms with E-state index >= 15 is 0 Å². The molecule has 0 aromatic carbocycles. The number of aliphatic hydroxyl groups excluding tert-OH is 1. The lowest BCUT2D eigenvalue weighted by Gasteiger charge is -2.31. The number of nitrogens with zero attached hydrogens (tertiary/aromatic N) is 1. The highest BCUT2D eigenvalue weighted by Crippen LogP contribution is 2.63. The largest absolute Gasteiger partial charge is 0.391 e. The summed E-state index contributed by atoms with van der Waals surface area (Å²) in [6.45, 7) is 3.97. The van der Waals surface area contributed by atoms with Gasteiger partial charge in [0.2, 0.25) is 11.8 Å². The molecule has 4 nitrogen and oxygen atoms in total. The summed E-state index contributed by atoms with van der Waals surface area (Å²) in [6.07, 6.45) is 4.02. The van der Waals surface area contributed by atoms with Crippen molar-refractivity contribution < 1.29 is 14.7 Å². The van der Waals surface area contributed by atoms with Crippen LogP contribution in [0.1, 0.15) is 46.0 Å². The van der Waals surface area contributed by atoms with Crippen LogP contribution in [0.2, 0.25) is 0 Å². The Morgan fingerprint density at radius 1 is 1.06 bits per heavy atom. The summed E-state index contributed by atoms with van der Waals surface area (Å²) in [4.78, 5) is 26.0. The van der Waals surface area contributed by atoms with Crippen LogP contribution in [-0.4, -0.2) is 34.0 Å². The molecule has 100 valence electrons. The maximum atomic E-state index is 12.3. The Balaban J connectivity index is 1.82. The molecule has 0 spiro atoms. The van der Waals surface area contributed by atoms with Crippen molar-refractivity contribution in [3.63, 3.8) is 0 Å². The SMILES string of the molecule is CC1(C)C2C(=O)N(C3CCCCCC3O)C(=O)C21. The fraction of sp³-hybridized carbons (Fsp3) is 0.857. The van der Waals surface area contributed by atoms with Crippen LogP contribution in [0.4, 0.5) is 0 Å². The number of rotatable bonds is 1. The van der Waals surface area contributed by atoms with Crippen molar-refractivity contribution >= 4 is 11.8 Å². The van der Waals surface area contributed by atoms with Gasteiger partial charge in [-0.3, -0.25) is 14.5 Å². The molecule has 1 saturated heterocycles. The molecule has 2 amide bonds. The summed E-state index contributed by atoms with van der Waals surface area (Å²) in [6, 6.07) is -0.268. The highest BCUT2D eigenvalue weighted by atomic mass is 16.3. The molecule has 3 rings (SSSR count). The molecule has 4 unspecified atom stereocenters. The lowest BCUT2D eigenvalue weighted by atomic mass is 10.00. The van der Waals surface area contributed by atoms with Gasteiger partial charge in [-0.15, -0.1) is 0 Å². The van der Waals surface area contributed by atoms with Crippen molar-refractivity contribution in [2.75, 3.05) is 0 Å². The predicted octanol–water partition coefficient (Wildman–Crippen LogP) is 1.32. The quantitative estimate of drug-likeness (QED) is 0.565. The van der Waals surface area contributed by atoms with E-state index in [1.54, 1.807) is 0 Å². The summed E-state index contributed by atoms with van der Waals surface area (Å²) in [5.41, 5.74) is -0.152. The van der Waals surface area contributed by atoms with E-state index in [0.717, 1.165) is 25.7 Å². The van der Waals surface area contributed by atoms with E-state index in [-0.39, 0.29) is 35.1 Å². The van der Waals surface area contributed by atoms with Crippen molar-refractivity contribution in [2.45, 2.75) is 58.1 Å². The molecule has 1 aliphatic heterocycles. The van der Waals surface area contributed by atoms with E-state index < -0.39 is 6.10 Å². The molecule has 4 heteroatoms. The highest BCUT2D eigenvalue weighted by molar-refractivity contribution is 6.10. The molecule has 3 aliphatic rings. The zero-order chi connectivity index (χ0) is 13.1. The number of hydrogen-bond donors (Lipinski definition) is 1. The highest BCUT2D eigenvalue weighted by Gasteiger charge is 2.73. The van der Waals surface area contributed by atoms with Gasteiger partial charge in [0.25, 0.3) is 0 Å². The van der Waals surface area contributed by atoms with Gasteiger partial charge >= 0.3 is 0 Å². The van der Waals surface area contributed by atoms with Crippen molar-refractivity contribution in [2.24, 2.45) is 17.3 Å². The Hall–Kier alpha value is -0.900. The van der Waals surface area contributed by atoms with Crippen LogP contribution < -0.4 is 0 Å². The van der Waals surface area contributed by atoms with Crippen LogP contribution in [-0.2, 0) is 9.59 Å². The van der Waals surface area contributed by atoms with E-state index in [1.807, 2.05) is 13.8 Å². The first-order valence-corrected chi connectivity index (χ1v) is 7.01. The molecule has 0 aromatic rings. The molecule has 0 radical (unpaired) electrons. The van der Waals surface area contributed by atoms with Crippen molar-refractivity contribution in [1.29, 1.82) is 0 Å². The molecular weight excluding hydrogens is 230 g/mol. The Morgan fingerprint density at radius 2 is 1.61 bits per heavy atom. The Kier molecular flexibility index (Phi) is 2.56. The number of piperidine rings is 1. The van der Waals surface area contributed by atoms with E-state index in [2.05, 4.69) is 0 Å². The molecular formula is C14H21NO3. The van der Waals surface area contributed by atoms with Crippen LogP contribution in [0.3, 0.4) is 0 Å². The van der Waals surface area contributed by atoms with E-state index in [9.17, 15) is 14.7 Å². The zero-order valence-electron chi connectivity index (χ0n) is 11.1. The fourth-order valence-electron chi connectivity index (χ4n) is 3.86. The number of likely N-dealkylation sites (tertiary alicyclic amines) is 1. The molecule has 0 aromatic heterocycles. The van der Waals surface area contributed by atoms with Gasteiger partial charge in [0.15, 0.2) is 0 Å². The summed E-state index contributed by atoms with van der Waals surface area (Å²) in [5, 5.41) is 10.1. The third-order valence-corrected chi connectivity index (χ3v) is 5.11. The standard InChI is InChI=1S/C14H21NO3/c1-14(2)10-11(14)13(18)15(12(10)17)8-6-4-3-5-7-9(8)16/h8-11,16H,3-7H2,1-2H3. The number of imide groups is 1. The average Bonchev–Trinajstić information content (AvgIpc) is 2.84. The molecule has 4 atom stereocenters. The third kappa shape index (κ3) is 1.48. The first-order valence-electron chi connectivity index (χ1n) is 7.01. The first kappa shape index (κ1) is 12.2. The number of carbonyl (C=O) groups excluding carboxylic acids is 2. The molecule has 1 N–H and O–H groups in total. The normalized spacial score (nSPS) is 42.7. The molecule has 1 heterocycles. The maximum absolute atomic E-state index is 12.3. The van der Waals surface area contributed by atoms with Crippen LogP contribution in [0, 0.1) is 17.3 Å². The average molecular weight is 251 g/mol. The number of amides is 2. The maximum Gasteiger partial charge on any atom is 0.234 e. The summed E-state index contributed by atoms with van der Waals surface area (Å²) in [5.74, 6) is -0.331. The lowest BCUT2D eigenvalue weighted by molar-refractivity contribution is -0.149. The molecule has 2 saturated carbocycles. The van der Waals surface area contributed by atoms with Crippen molar-refractivity contribution in [3.05, 3.63) is 0 Å². The number of carbonyl (C=O) groups is 2. The number of fused-ring (bicyclic) bond motifs is 1. The molecule has 18 heavy (non-hydrogen) atoms.